The second kappa shape index (κ2) is 5.17. The fraction of sp³-hybridized carbons (Fsp3) is 0.562. The Labute approximate surface area is 118 Å². The molecule has 0 radical (unpaired) electrons. The van der Waals surface area contributed by atoms with Crippen LogP contribution in [0.5, 0.6) is 0 Å². The van der Waals surface area contributed by atoms with Crippen molar-refractivity contribution in [3.05, 3.63) is 35.1 Å². The van der Waals surface area contributed by atoms with Gasteiger partial charge < -0.3 is 4.74 Å². The Bertz CT molecular complexity index is 531. The van der Waals surface area contributed by atoms with E-state index in [2.05, 4.69) is 16.7 Å². The van der Waals surface area contributed by atoms with Crippen LogP contribution >= 0.6 is 0 Å². The molecule has 2 aliphatic heterocycles. The normalized spacial score (nSPS) is 29.4. The molecule has 4 heteroatoms. The number of rotatable bonds is 2. The van der Waals surface area contributed by atoms with Gasteiger partial charge in [-0.3, -0.25) is 4.90 Å². The molecular weight excluding hydrogens is 257 g/mol. The lowest BCUT2D eigenvalue weighted by Crippen LogP contribution is -2.41. The van der Waals surface area contributed by atoms with Gasteiger partial charge in [0.1, 0.15) is 5.82 Å². The summed E-state index contributed by atoms with van der Waals surface area (Å²) in [5.74, 6) is -0.815. The monoisotopic (exact) mass is 277 g/mol. The molecule has 1 aromatic carbocycles. The van der Waals surface area contributed by atoms with E-state index in [1.807, 2.05) is 6.07 Å². The Morgan fingerprint density at radius 2 is 2.05 bits per heavy atom. The maximum atomic E-state index is 14.6. The zero-order chi connectivity index (χ0) is 14.3. The second-order valence-corrected chi connectivity index (χ2v) is 5.85. The van der Waals surface area contributed by atoms with Crippen LogP contribution < -0.4 is 0 Å². The number of fused-ring (bicyclic) bond motifs is 2. The van der Waals surface area contributed by atoms with Gasteiger partial charge in [-0.2, -0.15) is 0 Å². The number of methoxy groups -OCH3 is 1. The molecular formula is C16H20FNO2. The first-order chi connectivity index (χ1) is 9.63. The van der Waals surface area contributed by atoms with Crippen molar-refractivity contribution in [1.29, 1.82) is 0 Å². The van der Waals surface area contributed by atoms with E-state index in [0.717, 1.165) is 19.3 Å². The average molecular weight is 277 g/mol. The molecule has 1 aromatic rings. The van der Waals surface area contributed by atoms with E-state index in [0.29, 0.717) is 17.6 Å². The summed E-state index contributed by atoms with van der Waals surface area (Å²) < 4.78 is 19.3. The second-order valence-electron chi connectivity index (χ2n) is 5.85. The van der Waals surface area contributed by atoms with E-state index in [9.17, 15) is 9.18 Å². The largest absolute Gasteiger partial charge is 0.465 e. The van der Waals surface area contributed by atoms with Crippen molar-refractivity contribution in [2.75, 3.05) is 14.2 Å². The number of benzene rings is 1. The van der Waals surface area contributed by atoms with Gasteiger partial charge in [0, 0.05) is 18.0 Å². The zero-order valence-corrected chi connectivity index (χ0v) is 11.9. The quantitative estimate of drug-likeness (QED) is 0.778. The molecule has 2 saturated heterocycles. The van der Waals surface area contributed by atoms with Gasteiger partial charge in [0.15, 0.2) is 0 Å². The number of carbonyl (C=O) groups is 1. The molecule has 0 aromatic heterocycles. The molecule has 20 heavy (non-hydrogen) atoms. The highest BCUT2D eigenvalue weighted by Crippen LogP contribution is 2.43. The Balaban J connectivity index is 1.96. The highest BCUT2D eigenvalue weighted by atomic mass is 19.1. The van der Waals surface area contributed by atoms with E-state index in [4.69, 9.17) is 0 Å². The minimum absolute atomic E-state index is 0.0489. The lowest BCUT2D eigenvalue weighted by Gasteiger charge is -2.38. The summed E-state index contributed by atoms with van der Waals surface area (Å²) >= 11 is 0. The summed E-state index contributed by atoms with van der Waals surface area (Å²) in [6, 6.07) is 6.12. The van der Waals surface area contributed by atoms with Crippen LogP contribution in [0.15, 0.2) is 18.2 Å². The number of hydrogen-bond donors (Lipinski definition) is 0. The van der Waals surface area contributed by atoms with Crippen LogP contribution in [0.25, 0.3) is 0 Å². The predicted octanol–water partition coefficient (Wildman–Crippen LogP) is 2.95. The van der Waals surface area contributed by atoms with Gasteiger partial charge in [-0.1, -0.05) is 12.1 Å². The van der Waals surface area contributed by atoms with E-state index in [1.165, 1.54) is 19.6 Å². The van der Waals surface area contributed by atoms with Gasteiger partial charge in [-0.25, -0.2) is 9.18 Å². The highest BCUT2D eigenvalue weighted by Gasteiger charge is 2.41. The van der Waals surface area contributed by atoms with Crippen molar-refractivity contribution < 1.29 is 13.9 Å². The smallest absolute Gasteiger partial charge is 0.340 e. The first-order valence-corrected chi connectivity index (χ1v) is 7.22. The first-order valence-electron chi connectivity index (χ1n) is 7.22. The maximum absolute atomic E-state index is 14.6. The van der Waals surface area contributed by atoms with Crippen molar-refractivity contribution >= 4 is 5.97 Å². The molecule has 0 aliphatic carbocycles. The lowest BCUT2D eigenvalue weighted by atomic mass is 9.83. The van der Waals surface area contributed by atoms with Crippen molar-refractivity contribution in [2.24, 2.45) is 0 Å². The van der Waals surface area contributed by atoms with Gasteiger partial charge in [-0.05, 0) is 44.4 Å². The van der Waals surface area contributed by atoms with Gasteiger partial charge in [0.2, 0.25) is 0 Å². The fourth-order valence-electron chi connectivity index (χ4n) is 3.91. The molecule has 0 amide bonds. The summed E-state index contributed by atoms with van der Waals surface area (Å²) in [6.07, 6.45) is 4.44. The molecule has 2 aliphatic rings. The lowest BCUT2D eigenvalue weighted by molar-refractivity contribution is 0.0594. The predicted molar refractivity (Wildman–Crippen MR) is 74.3 cm³/mol. The van der Waals surface area contributed by atoms with Crippen molar-refractivity contribution in [1.82, 2.24) is 4.90 Å². The van der Waals surface area contributed by atoms with Crippen LogP contribution in [0.4, 0.5) is 4.39 Å². The number of nitrogens with zero attached hydrogens (tertiary/aromatic N) is 1. The van der Waals surface area contributed by atoms with Crippen LogP contribution in [-0.2, 0) is 4.74 Å². The van der Waals surface area contributed by atoms with Gasteiger partial charge >= 0.3 is 5.97 Å². The van der Waals surface area contributed by atoms with E-state index < -0.39 is 11.8 Å². The zero-order valence-electron chi connectivity index (χ0n) is 11.9. The Morgan fingerprint density at radius 1 is 1.30 bits per heavy atom. The number of carbonyl (C=O) groups excluding carboxylic acids is 1. The summed E-state index contributed by atoms with van der Waals surface area (Å²) in [4.78, 5) is 14.0. The number of halogens is 1. The van der Waals surface area contributed by atoms with Gasteiger partial charge in [-0.15, -0.1) is 0 Å². The molecule has 2 heterocycles. The molecule has 2 fully saturated rings. The minimum atomic E-state index is -0.599. The Kier molecular flexibility index (Phi) is 3.50. The summed E-state index contributed by atoms with van der Waals surface area (Å²) in [5, 5.41) is 0. The minimum Gasteiger partial charge on any atom is -0.465 e. The number of piperidine rings is 1. The van der Waals surface area contributed by atoms with Gasteiger partial charge in [0.05, 0.1) is 12.7 Å². The van der Waals surface area contributed by atoms with Crippen molar-refractivity contribution in [2.45, 2.75) is 43.7 Å². The third-order valence-corrected chi connectivity index (χ3v) is 5.00. The Hall–Kier alpha value is -1.42. The molecule has 0 saturated carbocycles. The van der Waals surface area contributed by atoms with Crippen LogP contribution in [0, 0.1) is 5.82 Å². The molecule has 0 spiro atoms. The van der Waals surface area contributed by atoms with Crippen LogP contribution in [0.1, 0.15) is 47.5 Å². The molecule has 3 unspecified atom stereocenters. The number of ether oxygens (including phenoxy) is 1. The van der Waals surface area contributed by atoms with Gasteiger partial charge in [0.25, 0.3) is 0 Å². The summed E-state index contributed by atoms with van der Waals surface area (Å²) in [5.41, 5.74) is 0.720. The summed E-state index contributed by atoms with van der Waals surface area (Å²) in [7, 11) is 3.42. The van der Waals surface area contributed by atoms with Crippen molar-refractivity contribution in [3.63, 3.8) is 0 Å². The third-order valence-electron chi connectivity index (χ3n) is 5.00. The standard InChI is InChI=1S/C16H20FNO2/c1-18-10-6-8-11(14(18)9-7-10)12-4-3-5-13(15(12)17)16(19)20-2/h3-5,10-11,14H,6-9H2,1-2H3. The van der Waals surface area contributed by atoms with Crippen LogP contribution in [0.3, 0.4) is 0 Å². The molecule has 0 N–H and O–H groups in total. The number of esters is 1. The highest BCUT2D eigenvalue weighted by molar-refractivity contribution is 5.89. The fourth-order valence-corrected chi connectivity index (χ4v) is 3.91. The SMILES string of the molecule is COC(=O)c1cccc(C2CCC3CCC2N3C)c1F. The number of hydrogen-bond acceptors (Lipinski definition) is 3. The molecule has 3 atom stereocenters. The average Bonchev–Trinajstić information content (AvgIpc) is 2.69. The van der Waals surface area contributed by atoms with E-state index in [-0.39, 0.29) is 11.5 Å². The van der Waals surface area contributed by atoms with Crippen LogP contribution in [0.2, 0.25) is 0 Å². The Morgan fingerprint density at radius 3 is 2.80 bits per heavy atom. The molecule has 108 valence electrons. The third kappa shape index (κ3) is 2.03. The van der Waals surface area contributed by atoms with Crippen molar-refractivity contribution in [3.8, 4) is 0 Å². The molecule has 3 nitrogen and oxygen atoms in total. The van der Waals surface area contributed by atoms with E-state index in [1.54, 1.807) is 6.07 Å². The topological polar surface area (TPSA) is 29.5 Å². The summed E-state index contributed by atoms with van der Waals surface area (Å²) in [6.45, 7) is 0. The van der Waals surface area contributed by atoms with Crippen LogP contribution in [-0.4, -0.2) is 37.1 Å². The first kappa shape index (κ1) is 13.6. The maximum Gasteiger partial charge on any atom is 0.340 e. The number of likely N-dealkylation sites (N-methyl/N-ethyl adjacent to an activating group) is 1. The molecule has 3 rings (SSSR count). The van der Waals surface area contributed by atoms with E-state index >= 15 is 0 Å². The molecule has 2 bridgehead atoms.